The Morgan fingerprint density at radius 2 is 1.92 bits per heavy atom. The van der Waals surface area contributed by atoms with Gasteiger partial charge in [0.1, 0.15) is 0 Å². The lowest BCUT2D eigenvalue weighted by Crippen LogP contribution is -2.38. The Kier molecular flexibility index (Phi) is 5.18. The number of hydrogen-bond acceptors (Lipinski definition) is 3. The quantitative estimate of drug-likeness (QED) is 0.895. The molecule has 1 aromatic rings. The van der Waals surface area contributed by atoms with Crippen molar-refractivity contribution in [2.24, 2.45) is 5.92 Å². The predicted molar refractivity (Wildman–Crippen MR) is 95.5 cm³/mol. The Hall–Kier alpha value is -1.49. The minimum absolute atomic E-state index is 0.0181. The number of likely N-dealkylation sites (tertiary alicyclic amines) is 1. The highest BCUT2D eigenvalue weighted by Gasteiger charge is 2.39. The maximum Gasteiger partial charge on any atom is 0.308 e. The first kappa shape index (κ1) is 17.3. The Morgan fingerprint density at radius 3 is 2.54 bits per heavy atom. The van der Waals surface area contributed by atoms with Gasteiger partial charge in [0.25, 0.3) is 5.91 Å². The number of rotatable bonds is 4. The van der Waals surface area contributed by atoms with Crippen molar-refractivity contribution in [3.63, 3.8) is 0 Å². The average molecular weight is 347 g/mol. The molecule has 1 aromatic carbocycles. The molecule has 2 fully saturated rings. The summed E-state index contributed by atoms with van der Waals surface area (Å²) in [5, 5.41) is 9.90. The lowest BCUT2D eigenvalue weighted by molar-refractivity contribution is -0.142. The zero-order valence-corrected chi connectivity index (χ0v) is 15.1. The second-order valence-electron chi connectivity index (χ2n) is 7.00. The van der Waals surface area contributed by atoms with Gasteiger partial charge in [-0.1, -0.05) is 24.5 Å². The smallest absolute Gasteiger partial charge is 0.308 e. The summed E-state index contributed by atoms with van der Waals surface area (Å²) in [4.78, 5) is 27.2. The molecule has 2 aliphatic rings. The van der Waals surface area contributed by atoms with Crippen molar-refractivity contribution in [2.75, 3.05) is 6.54 Å². The summed E-state index contributed by atoms with van der Waals surface area (Å²) in [7, 11) is 0. The van der Waals surface area contributed by atoms with Crippen molar-refractivity contribution in [1.82, 2.24) is 4.90 Å². The van der Waals surface area contributed by atoms with E-state index in [0.29, 0.717) is 18.2 Å². The van der Waals surface area contributed by atoms with Crippen LogP contribution in [0.2, 0.25) is 0 Å². The van der Waals surface area contributed by atoms with Gasteiger partial charge in [0.05, 0.1) is 11.5 Å². The number of carboxylic acid groups (broad SMARTS) is 1. The molecule has 0 aromatic heterocycles. The maximum atomic E-state index is 13.1. The second kappa shape index (κ2) is 7.18. The van der Waals surface area contributed by atoms with Gasteiger partial charge in [0, 0.05) is 22.7 Å². The normalized spacial score (nSPS) is 24.5. The molecule has 1 saturated heterocycles. The molecular weight excluding hydrogens is 322 g/mol. The van der Waals surface area contributed by atoms with Crippen molar-refractivity contribution in [3.8, 4) is 0 Å². The van der Waals surface area contributed by atoms with E-state index in [4.69, 9.17) is 0 Å². The molecule has 3 rings (SSSR count). The maximum absolute atomic E-state index is 13.1. The van der Waals surface area contributed by atoms with Crippen LogP contribution in [0.4, 0.5) is 0 Å². The number of carbonyl (C=O) groups excluding carboxylic acids is 1. The lowest BCUT2D eigenvalue weighted by atomic mass is 10.0. The lowest BCUT2D eigenvalue weighted by Gasteiger charge is -2.25. The van der Waals surface area contributed by atoms with E-state index in [0.717, 1.165) is 16.0 Å². The van der Waals surface area contributed by atoms with Crippen LogP contribution in [0.15, 0.2) is 23.1 Å². The third-order valence-electron chi connectivity index (χ3n) is 5.29. The molecule has 1 aliphatic heterocycles. The van der Waals surface area contributed by atoms with Gasteiger partial charge in [0.2, 0.25) is 0 Å². The van der Waals surface area contributed by atoms with Crippen LogP contribution in [-0.4, -0.2) is 39.7 Å². The molecule has 0 radical (unpaired) electrons. The summed E-state index contributed by atoms with van der Waals surface area (Å²) in [6.45, 7) is 4.37. The summed E-state index contributed by atoms with van der Waals surface area (Å²) in [5.41, 5.74) is 1.81. The van der Waals surface area contributed by atoms with E-state index in [9.17, 15) is 14.7 Å². The highest BCUT2D eigenvalue weighted by molar-refractivity contribution is 8.00. The number of thioether (sulfide) groups is 1. The fraction of sp³-hybridized carbons (Fsp3) is 0.579. The van der Waals surface area contributed by atoms with E-state index in [1.54, 1.807) is 4.90 Å². The monoisotopic (exact) mass is 347 g/mol. The van der Waals surface area contributed by atoms with E-state index in [1.165, 1.54) is 25.7 Å². The highest BCUT2D eigenvalue weighted by atomic mass is 32.2. The number of nitrogens with zero attached hydrogens (tertiary/aromatic N) is 1. The first-order valence-electron chi connectivity index (χ1n) is 8.78. The number of aryl methyl sites for hydroxylation is 1. The minimum atomic E-state index is -0.803. The van der Waals surface area contributed by atoms with Crippen LogP contribution in [0.3, 0.4) is 0 Å². The largest absolute Gasteiger partial charge is 0.481 e. The molecule has 5 heteroatoms. The van der Waals surface area contributed by atoms with E-state index in [-0.39, 0.29) is 11.9 Å². The average Bonchev–Trinajstić information content (AvgIpc) is 3.18. The van der Waals surface area contributed by atoms with Crippen LogP contribution in [0, 0.1) is 12.8 Å². The van der Waals surface area contributed by atoms with Gasteiger partial charge in [-0.25, -0.2) is 0 Å². The van der Waals surface area contributed by atoms with Gasteiger partial charge in [-0.2, -0.15) is 0 Å². The molecule has 1 aliphatic carbocycles. The minimum Gasteiger partial charge on any atom is -0.481 e. The zero-order chi connectivity index (χ0) is 17.3. The second-order valence-corrected chi connectivity index (χ2v) is 8.34. The van der Waals surface area contributed by atoms with Crippen molar-refractivity contribution in [1.29, 1.82) is 0 Å². The standard InChI is InChI=1S/C19H25NO3S/c1-12-7-8-17(24-14-5-3-4-6-14)16(11-12)18(21)20-10-9-15(13(20)2)19(22)23/h7-8,11,13-15H,3-6,9-10H2,1-2H3,(H,22,23). The van der Waals surface area contributed by atoms with Gasteiger partial charge >= 0.3 is 5.97 Å². The van der Waals surface area contributed by atoms with Crippen LogP contribution in [-0.2, 0) is 4.79 Å². The number of benzene rings is 1. The summed E-state index contributed by atoms with van der Waals surface area (Å²) in [5.74, 6) is -1.28. The van der Waals surface area contributed by atoms with Gasteiger partial charge < -0.3 is 10.0 Å². The molecule has 1 amide bonds. The van der Waals surface area contributed by atoms with Crippen molar-refractivity contribution >= 4 is 23.6 Å². The van der Waals surface area contributed by atoms with Gasteiger partial charge in [-0.05, 0) is 45.2 Å². The predicted octanol–water partition coefficient (Wildman–Crippen LogP) is 3.96. The third kappa shape index (κ3) is 3.46. The van der Waals surface area contributed by atoms with Crippen LogP contribution >= 0.6 is 11.8 Å². The molecular formula is C19H25NO3S. The summed E-state index contributed by atoms with van der Waals surface area (Å²) in [6.07, 6.45) is 5.52. The fourth-order valence-electron chi connectivity index (χ4n) is 3.81. The third-order valence-corrected chi connectivity index (χ3v) is 6.71. The number of hydrogen-bond donors (Lipinski definition) is 1. The molecule has 1 saturated carbocycles. The molecule has 130 valence electrons. The number of amides is 1. The fourth-order valence-corrected chi connectivity index (χ4v) is 5.16. The van der Waals surface area contributed by atoms with Crippen molar-refractivity contribution < 1.29 is 14.7 Å². The van der Waals surface area contributed by atoms with E-state index < -0.39 is 11.9 Å². The topological polar surface area (TPSA) is 57.6 Å². The summed E-state index contributed by atoms with van der Waals surface area (Å²) < 4.78 is 0. The molecule has 24 heavy (non-hydrogen) atoms. The summed E-state index contributed by atoms with van der Waals surface area (Å²) >= 11 is 1.82. The van der Waals surface area contributed by atoms with Crippen LogP contribution in [0.1, 0.15) is 54.9 Å². The molecule has 0 bridgehead atoms. The Bertz CT molecular complexity index is 639. The molecule has 2 unspecified atom stereocenters. The number of aliphatic carboxylic acids is 1. The van der Waals surface area contributed by atoms with Crippen LogP contribution < -0.4 is 0 Å². The van der Waals surface area contributed by atoms with Crippen molar-refractivity contribution in [2.45, 2.75) is 62.1 Å². The van der Waals surface area contributed by atoms with Gasteiger partial charge in [0.15, 0.2) is 0 Å². The van der Waals surface area contributed by atoms with Gasteiger partial charge in [-0.3, -0.25) is 9.59 Å². The number of carbonyl (C=O) groups is 2. The Balaban J connectivity index is 1.83. The zero-order valence-electron chi connectivity index (χ0n) is 14.3. The highest BCUT2D eigenvalue weighted by Crippen LogP contribution is 2.37. The molecule has 2 atom stereocenters. The molecule has 4 nitrogen and oxygen atoms in total. The summed E-state index contributed by atoms with van der Waals surface area (Å²) in [6, 6.07) is 5.82. The van der Waals surface area contributed by atoms with Gasteiger partial charge in [-0.15, -0.1) is 11.8 Å². The van der Waals surface area contributed by atoms with Crippen LogP contribution in [0.5, 0.6) is 0 Å². The first-order valence-corrected chi connectivity index (χ1v) is 9.66. The van der Waals surface area contributed by atoms with Crippen LogP contribution in [0.25, 0.3) is 0 Å². The Labute approximate surface area is 147 Å². The SMILES string of the molecule is Cc1ccc(SC2CCCC2)c(C(=O)N2CCC(C(=O)O)C2C)c1. The molecule has 1 heterocycles. The van der Waals surface area contributed by atoms with E-state index in [1.807, 2.05) is 31.7 Å². The number of carboxylic acids is 1. The first-order chi connectivity index (χ1) is 11.5. The van der Waals surface area contributed by atoms with E-state index in [2.05, 4.69) is 12.1 Å². The van der Waals surface area contributed by atoms with Crippen molar-refractivity contribution in [3.05, 3.63) is 29.3 Å². The molecule has 1 N–H and O–H groups in total. The molecule has 0 spiro atoms. The van der Waals surface area contributed by atoms with E-state index >= 15 is 0 Å². The Morgan fingerprint density at radius 1 is 1.21 bits per heavy atom.